The summed E-state index contributed by atoms with van der Waals surface area (Å²) in [5.41, 5.74) is 0.0528. The molecule has 0 saturated heterocycles. The molecular weight excluding hydrogens is 192 g/mol. The quantitative estimate of drug-likeness (QED) is 0.387. The Kier molecular flexibility index (Phi) is 5.94. The van der Waals surface area contributed by atoms with Gasteiger partial charge in [0.25, 0.3) is 0 Å². The third-order valence-electron chi connectivity index (χ3n) is 2.77. The van der Waals surface area contributed by atoms with Crippen molar-refractivity contribution in [1.82, 2.24) is 0 Å². The molecule has 0 spiro atoms. The lowest BCUT2D eigenvalue weighted by atomic mass is 9.84. The molecular formula is C11H26O2Si. The van der Waals surface area contributed by atoms with Gasteiger partial charge in [0.1, 0.15) is 10.5 Å². The molecule has 3 heteroatoms. The molecule has 2 nitrogen and oxygen atoms in total. The van der Waals surface area contributed by atoms with Crippen LogP contribution in [-0.2, 0) is 9.16 Å². The highest BCUT2D eigenvalue weighted by atomic mass is 28.2. The average Bonchev–Trinajstić information content (AvgIpc) is 2.11. The molecule has 0 aromatic rings. The monoisotopic (exact) mass is 218 g/mol. The molecule has 0 aromatic carbocycles. The first-order valence-corrected chi connectivity index (χ1v) is 6.44. The largest absolute Gasteiger partial charge is 0.401 e. The maximum atomic E-state index is 5.95. The summed E-state index contributed by atoms with van der Waals surface area (Å²) in [6.45, 7) is 11.7. The Morgan fingerprint density at radius 3 is 2.00 bits per heavy atom. The molecule has 0 aliphatic carbocycles. The van der Waals surface area contributed by atoms with Gasteiger partial charge >= 0.3 is 0 Å². The van der Waals surface area contributed by atoms with Gasteiger partial charge in [-0.3, -0.25) is 0 Å². The summed E-state index contributed by atoms with van der Waals surface area (Å²) < 4.78 is 11.7. The maximum absolute atomic E-state index is 5.95. The second kappa shape index (κ2) is 5.88. The second-order valence-corrected chi connectivity index (χ2v) is 5.17. The van der Waals surface area contributed by atoms with Crippen molar-refractivity contribution in [3.05, 3.63) is 0 Å². The summed E-state index contributed by atoms with van der Waals surface area (Å²) in [6.07, 6.45) is 3.21. The first kappa shape index (κ1) is 14.1. The SMILES string of the molecule is CCCCOC(CC)(O[SiH3])C(C)(C)C. The normalized spacial score (nSPS) is 16.9. The zero-order valence-electron chi connectivity index (χ0n) is 10.6. The van der Waals surface area contributed by atoms with Crippen LogP contribution in [0.3, 0.4) is 0 Å². The van der Waals surface area contributed by atoms with E-state index < -0.39 is 0 Å². The van der Waals surface area contributed by atoms with Crippen molar-refractivity contribution >= 4 is 10.5 Å². The van der Waals surface area contributed by atoms with E-state index in [2.05, 4.69) is 34.6 Å². The highest BCUT2D eigenvalue weighted by Gasteiger charge is 2.41. The predicted octanol–water partition coefficient (Wildman–Crippen LogP) is 2.25. The van der Waals surface area contributed by atoms with Crippen molar-refractivity contribution in [3.63, 3.8) is 0 Å². The van der Waals surface area contributed by atoms with E-state index in [1.807, 2.05) is 0 Å². The van der Waals surface area contributed by atoms with Gasteiger partial charge in [0.2, 0.25) is 0 Å². The molecule has 0 amide bonds. The smallest absolute Gasteiger partial charge is 0.162 e. The molecule has 0 aliphatic heterocycles. The topological polar surface area (TPSA) is 18.5 Å². The zero-order valence-corrected chi connectivity index (χ0v) is 12.6. The van der Waals surface area contributed by atoms with Gasteiger partial charge in [0, 0.05) is 12.0 Å². The van der Waals surface area contributed by atoms with Crippen molar-refractivity contribution in [2.24, 2.45) is 5.41 Å². The van der Waals surface area contributed by atoms with E-state index in [1.54, 1.807) is 0 Å². The van der Waals surface area contributed by atoms with E-state index in [9.17, 15) is 0 Å². The summed E-state index contributed by atoms with van der Waals surface area (Å²) in [6, 6.07) is 0. The lowest BCUT2D eigenvalue weighted by molar-refractivity contribution is -0.243. The second-order valence-electron chi connectivity index (χ2n) is 4.76. The van der Waals surface area contributed by atoms with E-state index in [-0.39, 0.29) is 11.2 Å². The Balaban J connectivity index is 4.39. The van der Waals surface area contributed by atoms with Crippen molar-refractivity contribution in [3.8, 4) is 0 Å². The van der Waals surface area contributed by atoms with Gasteiger partial charge in [-0.15, -0.1) is 0 Å². The standard InChI is InChI=1S/C11H26O2Si/c1-6-8-9-12-11(7-2,13-14)10(3,4)5/h6-9H2,1-5,14H3. The fourth-order valence-electron chi connectivity index (χ4n) is 1.74. The molecule has 0 saturated carbocycles. The molecule has 1 unspecified atom stereocenters. The molecule has 0 bridgehead atoms. The lowest BCUT2D eigenvalue weighted by Crippen LogP contribution is -2.47. The van der Waals surface area contributed by atoms with Crippen molar-refractivity contribution in [2.45, 2.75) is 59.7 Å². The van der Waals surface area contributed by atoms with Gasteiger partial charge < -0.3 is 9.16 Å². The first-order valence-electron chi connectivity index (χ1n) is 5.62. The van der Waals surface area contributed by atoms with Crippen molar-refractivity contribution < 1.29 is 9.16 Å². The van der Waals surface area contributed by atoms with E-state index in [0.717, 1.165) is 29.9 Å². The van der Waals surface area contributed by atoms with Crippen LogP contribution < -0.4 is 0 Å². The molecule has 0 aromatic heterocycles. The number of ether oxygens (including phenoxy) is 1. The van der Waals surface area contributed by atoms with Gasteiger partial charge in [0.05, 0.1) is 0 Å². The fourth-order valence-corrected chi connectivity index (χ4v) is 2.76. The first-order chi connectivity index (χ1) is 6.43. The van der Waals surface area contributed by atoms with Crippen molar-refractivity contribution in [2.75, 3.05) is 6.61 Å². The molecule has 1 atom stereocenters. The highest BCUT2D eigenvalue weighted by molar-refractivity contribution is 5.98. The van der Waals surface area contributed by atoms with E-state index in [0.29, 0.717) is 0 Å². The van der Waals surface area contributed by atoms with Crippen LogP contribution in [-0.4, -0.2) is 22.9 Å². The summed E-state index contributed by atoms with van der Waals surface area (Å²) in [4.78, 5) is 0. The predicted molar refractivity (Wildman–Crippen MR) is 64.4 cm³/mol. The molecule has 0 heterocycles. The Morgan fingerprint density at radius 1 is 1.14 bits per heavy atom. The van der Waals surface area contributed by atoms with Crippen LogP contribution in [0.15, 0.2) is 0 Å². The molecule has 0 aliphatic rings. The minimum absolute atomic E-state index is 0.0528. The van der Waals surface area contributed by atoms with Gasteiger partial charge in [-0.25, -0.2) is 0 Å². The van der Waals surface area contributed by atoms with Crippen molar-refractivity contribution in [1.29, 1.82) is 0 Å². The molecule has 0 N–H and O–H groups in total. The highest BCUT2D eigenvalue weighted by Crippen LogP contribution is 2.37. The molecule has 14 heavy (non-hydrogen) atoms. The summed E-state index contributed by atoms with van der Waals surface area (Å²) in [5, 5.41) is 0. The maximum Gasteiger partial charge on any atom is 0.162 e. The lowest BCUT2D eigenvalue weighted by Gasteiger charge is -2.43. The van der Waals surface area contributed by atoms with Crippen LogP contribution in [0, 0.1) is 5.41 Å². The fraction of sp³-hybridized carbons (Fsp3) is 1.00. The number of unbranched alkanes of at least 4 members (excludes halogenated alkanes) is 1. The zero-order chi connectivity index (χ0) is 11.2. The Morgan fingerprint density at radius 2 is 1.71 bits per heavy atom. The number of rotatable bonds is 6. The number of hydrogen-bond donors (Lipinski definition) is 0. The van der Waals surface area contributed by atoms with Crippen LogP contribution in [0.5, 0.6) is 0 Å². The number of hydrogen-bond acceptors (Lipinski definition) is 2. The molecule has 0 fully saturated rings. The van der Waals surface area contributed by atoms with Crippen LogP contribution in [0.2, 0.25) is 0 Å². The molecule has 0 radical (unpaired) electrons. The Labute approximate surface area is 91.9 Å². The molecule has 0 rings (SSSR count). The minimum atomic E-state index is -0.367. The van der Waals surface area contributed by atoms with E-state index in [4.69, 9.17) is 9.16 Å². The van der Waals surface area contributed by atoms with E-state index >= 15 is 0 Å². The van der Waals surface area contributed by atoms with Gasteiger partial charge in [0.15, 0.2) is 5.79 Å². The van der Waals surface area contributed by atoms with Crippen LogP contribution in [0.1, 0.15) is 53.9 Å². The van der Waals surface area contributed by atoms with Crippen LogP contribution in [0.4, 0.5) is 0 Å². The Hall–Kier alpha value is 0.137. The average molecular weight is 218 g/mol. The van der Waals surface area contributed by atoms with Gasteiger partial charge in [-0.2, -0.15) is 0 Å². The van der Waals surface area contributed by atoms with E-state index in [1.165, 1.54) is 6.42 Å². The van der Waals surface area contributed by atoms with Gasteiger partial charge in [-0.1, -0.05) is 41.0 Å². The minimum Gasteiger partial charge on any atom is -0.401 e. The summed E-state index contributed by atoms with van der Waals surface area (Å²) >= 11 is 0. The summed E-state index contributed by atoms with van der Waals surface area (Å²) in [5.74, 6) is -0.367. The van der Waals surface area contributed by atoms with Crippen LogP contribution >= 0.6 is 0 Å². The Bertz CT molecular complexity index is 148. The van der Waals surface area contributed by atoms with Gasteiger partial charge in [-0.05, 0) is 12.8 Å². The summed E-state index contributed by atoms with van der Waals surface area (Å²) in [7, 11) is 0.730. The van der Waals surface area contributed by atoms with Crippen LogP contribution in [0.25, 0.3) is 0 Å². The third-order valence-corrected chi connectivity index (χ3v) is 3.43. The third kappa shape index (κ3) is 3.37. The molecule has 86 valence electrons.